The van der Waals surface area contributed by atoms with Gasteiger partial charge in [-0.15, -0.1) is 0 Å². The molecule has 1 aliphatic rings. The van der Waals surface area contributed by atoms with Crippen molar-refractivity contribution < 1.29 is 18.8 Å². The van der Waals surface area contributed by atoms with Crippen LogP contribution >= 0.6 is 0 Å². The number of aromatic nitrogens is 2. The number of nitrogens with one attached hydrogen (secondary N) is 2. The summed E-state index contributed by atoms with van der Waals surface area (Å²) >= 11 is 0. The zero-order valence-electron chi connectivity index (χ0n) is 16.0. The van der Waals surface area contributed by atoms with Gasteiger partial charge in [0.15, 0.2) is 0 Å². The fraction of sp³-hybridized carbons (Fsp3) is 0.556. The van der Waals surface area contributed by atoms with Gasteiger partial charge >= 0.3 is 13.2 Å². The van der Waals surface area contributed by atoms with Gasteiger partial charge in [-0.25, -0.2) is 9.78 Å². The van der Waals surface area contributed by atoms with E-state index in [9.17, 15) is 4.79 Å². The highest BCUT2D eigenvalue weighted by molar-refractivity contribution is 6.64. The van der Waals surface area contributed by atoms with Crippen molar-refractivity contribution >= 4 is 29.7 Å². The number of amides is 1. The number of hydrogen-bond acceptors (Lipinski definition) is 5. The van der Waals surface area contributed by atoms with Crippen molar-refractivity contribution in [2.24, 2.45) is 5.41 Å². The average molecular weight is 359 g/mol. The number of nitrogens with zero attached hydrogens (tertiary/aromatic N) is 1. The van der Waals surface area contributed by atoms with Crippen LogP contribution in [0.5, 0.6) is 0 Å². The van der Waals surface area contributed by atoms with E-state index in [0.29, 0.717) is 19.0 Å². The quantitative estimate of drug-likeness (QED) is 0.822. The molecule has 0 bridgehead atoms. The minimum absolute atomic E-state index is 0.0124. The Labute approximate surface area is 153 Å². The maximum absolute atomic E-state index is 11.8. The second-order valence-corrected chi connectivity index (χ2v) is 8.40. The highest BCUT2D eigenvalue weighted by Crippen LogP contribution is 2.22. The molecule has 0 unspecified atom stereocenters. The van der Waals surface area contributed by atoms with Crippen LogP contribution in [0.25, 0.3) is 11.0 Å². The van der Waals surface area contributed by atoms with E-state index in [1.165, 1.54) is 0 Å². The number of ether oxygens (including phenoxy) is 1. The Bertz CT molecular complexity index is 787. The van der Waals surface area contributed by atoms with Crippen molar-refractivity contribution in [1.82, 2.24) is 15.3 Å². The van der Waals surface area contributed by atoms with Crippen LogP contribution in [-0.2, 0) is 20.6 Å². The average Bonchev–Trinajstić information content (AvgIpc) is 2.94. The molecule has 0 aliphatic carbocycles. The maximum Gasteiger partial charge on any atom is 0.496 e. The molecule has 1 amide bonds. The van der Waals surface area contributed by atoms with Crippen molar-refractivity contribution in [3.8, 4) is 0 Å². The number of aromatic amines is 1. The van der Waals surface area contributed by atoms with Crippen molar-refractivity contribution in [2.45, 2.75) is 46.8 Å². The molecule has 140 valence electrons. The number of rotatable bonds is 3. The lowest BCUT2D eigenvalue weighted by Gasteiger charge is -2.33. The van der Waals surface area contributed by atoms with E-state index in [0.717, 1.165) is 16.5 Å². The molecule has 2 N–H and O–H groups in total. The molecule has 26 heavy (non-hydrogen) atoms. The molecule has 0 spiro atoms. The van der Waals surface area contributed by atoms with Gasteiger partial charge in [-0.2, -0.15) is 0 Å². The van der Waals surface area contributed by atoms with Gasteiger partial charge in [-0.1, -0.05) is 26.0 Å². The number of para-hydroxylation sites is 1. The van der Waals surface area contributed by atoms with E-state index in [-0.39, 0.29) is 12.0 Å². The lowest BCUT2D eigenvalue weighted by Crippen LogP contribution is -2.47. The number of fused-ring (bicyclic) bond motifs is 1. The zero-order chi connectivity index (χ0) is 18.9. The van der Waals surface area contributed by atoms with Gasteiger partial charge in [0.05, 0.1) is 17.6 Å². The second kappa shape index (κ2) is 6.93. The Kier molecular flexibility index (Phi) is 4.99. The van der Waals surface area contributed by atoms with Gasteiger partial charge in [0.2, 0.25) is 0 Å². The van der Waals surface area contributed by atoms with Crippen molar-refractivity contribution in [3.63, 3.8) is 0 Å². The van der Waals surface area contributed by atoms with Gasteiger partial charge in [-0.3, -0.25) is 0 Å². The minimum Gasteiger partial charge on any atom is -0.444 e. The largest absolute Gasteiger partial charge is 0.496 e. The molecule has 0 saturated carbocycles. The third-order valence-corrected chi connectivity index (χ3v) is 3.90. The summed E-state index contributed by atoms with van der Waals surface area (Å²) < 4.78 is 17.0. The molecule has 1 saturated heterocycles. The summed E-state index contributed by atoms with van der Waals surface area (Å²) in [5, 5.41) is 2.71. The van der Waals surface area contributed by atoms with E-state index in [2.05, 4.69) is 29.1 Å². The molecule has 3 rings (SSSR count). The van der Waals surface area contributed by atoms with Crippen molar-refractivity contribution in [3.05, 3.63) is 24.0 Å². The summed E-state index contributed by atoms with van der Waals surface area (Å²) in [7, 11) is -0.429. The van der Waals surface area contributed by atoms with Crippen LogP contribution in [-0.4, -0.2) is 42.0 Å². The number of imidazole rings is 1. The molecular weight excluding hydrogens is 333 g/mol. The van der Waals surface area contributed by atoms with E-state index in [4.69, 9.17) is 14.0 Å². The fourth-order valence-corrected chi connectivity index (χ4v) is 2.72. The summed E-state index contributed by atoms with van der Waals surface area (Å²) in [6, 6.07) is 5.83. The first kappa shape index (κ1) is 18.7. The molecule has 7 nitrogen and oxygen atoms in total. The summed E-state index contributed by atoms with van der Waals surface area (Å²) in [5.41, 5.74) is 2.03. The van der Waals surface area contributed by atoms with E-state index < -0.39 is 18.8 Å². The van der Waals surface area contributed by atoms with Gasteiger partial charge in [0.1, 0.15) is 11.4 Å². The predicted molar refractivity (Wildman–Crippen MR) is 100 cm³/mol. The summed E-state index contributed by atoms with van der Waals surface area (Å²) in [5.74, 6) is 0.648. The summed E-state index contributed by atoms with van der Waals surface area (Å²) in [6.07, 6.45) is -0.473. The van der Waals surface area contributed by atoms with Gasteiger partial charge in [0.25, 0.3) is 0 Å². The number of benzene rings is 1. The molecule has 1 fully saturated rings. The van der Waals surface area contributed by atoms with Gasteiger partial charge < -0.3 is 24.3 Å². The highest BCUT2D eigenvalue weighted by atomic mass is 16.6. The summed E-state index contributed by atoms with van der Waals surface area (Å²) in [6.45, 7) is 11.2. The van der Waals surface area contributed by atoms with E-state index in [1.54, 1.807) is 0 Å². The Morgan fingerprint density at radius 3 is 2.69 bits per heavy atom. The van der Waals surface area contributed by atoms with Crippen molar-refractivity contribution in [1.29, 1.82) is 0 Å². The first-order chi connectivity index (χ1) is 12.1. The van der Waals surface area contributed by atoms with E-state index in [1.807, 2.05) is 39.0 Å². The van der Waals surface area contributed by atoms with E-state index >= 15 is 0 Å². The van der Waals surface area contributed by atoms with Crippen molar-refractivity contribution in [2.75, 3.05) is 13.2 Å². The molecule has 1 aromatic carbocycles. The Morgan fingerprint density at radius 1 is 1.35 bits per heavy atom. The number of carbonyl (C=O) groups excluding carboxylic acids is 1. The maximum atomic E-state index is 11.8. The second-order valence-electron chi connectivity index (χ2n) is 8.40. The number of carbonyl (C=O) groups is 1. The molecule has 2 aromatic rings. The summed E-state index contributed by atoms with van der Waals surface area (Å²) in [4.78, 5) is 19.6. The molecule has 0 atom stereocenters. The smallest absolute Gasteiger partial charge is 0.444 e. The first-order valence-electron chi connectivity index (χ1n) is 8.81. The number of hydrogen-bond donors (Lipinski definition) is 2. The monoisotopic (exact) mass is 359 g/mol. The molecule has 2 heterocycles. The Balaban J connectivity index is 1.72. The molecule has 1 aromatic heterocycles. The van der Waals surface area contributed by atoms with Crippen LogP contribution in [0.1, 0.15) is 40.4 Å². The highest BCUT2D eigenvalue weighted by Gasteiger charge is 2.35. The zero-order valence-corrected chi connectivity index (χ0v) is 16.0. The molecule has 8 heteroatoms. The molecule has 1 aliphatic heterocycles. The van der Waals surface area contributed by atoms with Crippen LogP contribution in [0.15, 0.2) is 18.2 Å². The van der Waals surface area contributed by atoms with Crippen LogP contribution in [0.4, 0.5) is 4.79 Å². The lowest BCUT2D eigenvalue weighted by molar-refractivity contribution is 0.0344. The predicted octanol–water partition coefficient (Wildman–Crippen LogP) is 2.36. The van der Waals surface area contributed by atoms with Crippen LogP contribution in [0.2, 0.25) is 0 Å². The van der Waals surface area contributed by atoms with Crippen LogP contribution < -0.4 is 10.8 Å². The molecule has 0 radical (unpaired) electrons. The Hall–Kier alpha value is -2.06. The standard InChI is InChI=1S/C18H26BN3O4/c1-17(2,3)26-16(23)20-9-14-21-13-8-6-7-12(15(13)22-14)19-24-10-18(4,5)11-25-19/h6-8H,9-11H2,1-5H3,(H,20,23)(H,21,22). The SMILES string of the molecule is CC1(C)COB(c2cccc3[nH]c(CNC(=O)OC(C)(C)C)nc23)OC1. The van der Waals surface area contributed by atoms with Gasteiger partial charge in [0, 0.05) is 24.1 Å². The van der Waals surface area contributed by atoms with Crippen LogP contribution in [0.3, 0.4) is 0 Å². The fourth-order valence-electron chi connectivity index (χ4n) is 2.72. The third kappa shape index (κ3) is 4.56. The lowest BCUT2D eigenvalue weighted by atomic mass is 9.75. The molecular formula is C18H26BN3O4. The number of alkyl carbamates (subject to hydrolysis) is 1. The normalized spacial score (nSPS) is 17.3. The Morgan fingerprint density at radius 2 is 2.04 bits per heavy atom. The third-order valence-electron chi connectivity index (χ3n) is 3.90. The topological polar surface area (TPSA) is 85.5 Å². The van der Waals surface area contributed by atoms with Crippen LogP contribution in [0, 0.1) is 5.41 Å². The minimum atomic E-state index is -0.533. The first-order valence-corrected chi connectivity index (χ1v) is 8.81. The number of H-pyrrole nitrogens is 1. The van der Waals surface area contributed by atoms with Gasteiger partial charge in [-0.05, 0) is 26.8 Å².